The molecule has 0 saturated carbocycles. The molecular weight excluding hydrogens is 353 g/mol. The molecule has 1 aliphatic heterocycles. The van der Waals surface area contributed by atoms with Gasteiger partial charge in [-0.25, -0.2) is 9.37 Å². The first-order chi connectivity index (χ1) is 13.0. The van der Waals surface area contributed by atoms with Gasteiger partial charge in [0, 0.05) is 44.4 Å². The Balaban J connectivity index is 1.67. The number of nitriles is 1. The first-order valence-corrected chi connectivity index (χ1v) is 8.37. The van der Waals surface area contributed by atoms with Crippen molar-refractivity contribution in [2.75, 3.05) is 38.2 Å². The molecule has 9 heteroatoms. The minimum absolute atomic E-state index is 0.190. The fourth-order valence-electron chi connectivity index (χ4n) is 3.09. The van der Waals surface area contributed by atoms with Crippen LogP contribution in [0.15, 0.2) is 30.3 Å². The molecule has 0 bridgehead atoms. The summed E-state index contributed by atoms with van der Waals surface area (Å²) < 4.78 is 18.8. The molecule has 0 amide bonds. The Morgan fingerprint density at radius 3 is 2.67 bits per heavy atom. The van der Waals surface area contributed by atoms with E-state index >= 15 is 0 Å². The quantitative estimate of drug-likeness (QED) is 0.588. The van der Waals surface area contributed by atoms with Crippen LogP contribution >= 0.6 is 0 Å². The second-order valence-electron chi connectivity index (χ2n) is 6.13. The summed E-state index contributed by atoms with van der Waals surface area (Å²) in [6, 6.07) is 9.11. The molecule has 8 nitrogen and oxygen atoms in total. The van der Waals surface area contributed by atoms with Crippen molar-refractivity contribution in [3.05, 3.63) is 57.5 Å². The number of piperazine rings is 1. The predicted molar refractivity (Wildman–Crippen MR) is 96.0 cm³/mol. The number of anilines is 1. The molecule has 0 radical (unpaired) electrons. The molecule has 0 unspecified atom stereocenters. The number of nitrogens with zero attached hydrogens (tertiary/aromatic N) is 5. The standard InChI is InChI=1S/C18H18FN5O3/c1-27-17-4-2-14(19)10-13(17)12-22-6-8-23(9-7-22)18-5-3-16(24(25)26)15(11-20)21-18/h2-5,10H,6-9,12H2,1H3. The van der Waals surface area contributed by atoms with Crippen molar-refractivity contribution in [1.82, 2.24) is 9.88 Å². The van der Waals surface area contributed by atoms with Gasteiger partial charge in [0.1, 0.15) is 23.5 Å². The van der Waals surface area contributed by atoms with E-state index in [9.17, 15) is 14.5 Å². The van der Waals surface area contributed by atoms with E-state index in [1.807, 2.05) is 4.90 Å². The number of benzene rings is 1. The summed E-state index contributed by atoms with van der Waals surface area (Å²) in [6.07, 6.45) is 0. The summed E-state index contributed by atoms with van der Waals surface area (Å²) in [4.78, 5) is 18.6. The summed E-state index contributed by atoms with van der Waals surface area (Å²) in [6.45, 7) is 3.27. The molecule has 0 atom stereocenters. The number of pyridine rings is 1. The average molecular weight is 371 g/mol. The molecule has 140 valence electrons. The Hall–Kier alpha value is -3.25. The molecule has 2 aromatic rings. The summed E-state index contributed by atoms with van der Waals surface area (Å²) in [7, 11) is 1.56. The zero-order valence-corrected chi connectivity index (χ0v) is 14.8. The van der Waals surface area contributed by atoms with Gasteiger partial charge in [-0.2, -0.15) is 5.26 Å². The molecular formula is C18H18FN5O3. The molecule has 1 saturated heterocycles. The van der Waals surface area contributed by atoms with Crippen LogP contribution in [-0.4, -0.2) is 48.1 Å². The van der Waals surface area contributed by atoms with Crippen molar-refractivity contribution in [1.29, 1.82) is 5.26 Å². The average Bonchev–Trinajstić information content (AvgIpc) is 2.68. The maximum Gasteiger partial charge on any atom is 0.305 e. The second-order valence-corrected chi connectivity index (χ2v) is 6.13. The Bertz CT molecular complexity index is 891. The van der Waals surface area contributed by atoms with Crippen LogP contribution in [0.25, 0.3) is 0 Å². The highest BCUT2D eigenvalue weighted by molar-refractivity contribution is 5.51. The fraction of sp³-hybridized carbons (Fsp3) is 0.333. The van der Waals surface area contributed by atoms with Crippen molar-refractivity contribution in [2.45, 2.75) is 6.54 Å². The molecule has 1 aromatic carbocycles. The van der Waals surface area contributed by atoms with Gasteiger partial charge < -0.3 is 9.64 Å². The van der Waals surface area contributed by atoms with Gasteiger partial charge in [-0.3, -0.25) is 15.0 Å². The summed E-state index contributed by atoms with van der Waals surface area (Å²) in [5.74, 6) is 0.887. The Morgan fingerprint density at radius 1 is 1.30 bits per heavy atom. The van der Waals surface area contributed by atoms with Gasteiger partial charge in [0.05, 0.1) is 12.0 Å². The van der Waals surface area contributed by atoms with E-state index in [0.29, 0.717) is 44.3 Å². The fourth-order valence-corrected chi connectivity index (χ4v) is 3.09. The normalized spacial score (nSPS) is 14.6. The van der Waals surface area contributed by atoms with Crippen molar-refractivity contribution < 1.29 is 14.1 Å². The maximum atomic E-state index is 13.5. The largest absolute Gasteiger partial charge is 0.496 e. The van der Waals surface area contributed by atoms with Gasteiger partial charge in [-0.05, 0) is 24.3 Å². The smallest absolute Gasteiger partial charge is 0.305 e. The molecule has 3 rings (SSSR count). The molecule has 27 heavy (non-hydrogen) atoms. The summed E-state index contributed by atoms with van der Waals surface area (Å²) in [5.41, 5.74) is 0.300. The van der Waals surface area contributed by atoms with Crippen molar-refractivity contribution in [3.63, 3.8) is 0 Å². The lowest BCUT2D eigenvalue weighted by Gasteiger charge is -2.35. The van der Waals surface area contributed by atoms with Crippen molar-refractivity contribution in [3.8, 4) is 11.8 Å². The monoisotopic (exact) mass is 371 g/mol. The molecule has 0 spiro atoms. The maximum absolute atomic E-state index is 13.5. The van der Waals surface area contributed by atoms with E-state index in [4.69, 9.17) is 10.00 Å². The first kappa shape index (κ1) is 18.5. The third-order valence-electron chi connectivity index (χ3n) is 4.49. The van der Waals surface area contributed by atoms with Gasteiger partial charge in [-0.15, -0.1) is 0 Å². The third kappa shape index (κ3) is 4.12. The number of hydrogen-bond donors (Lipinski definition) is 0. The number of ether oxygens (including phenoxy) is 1. The van der Waals surface area contributed by atoms with Gasteiger partial charge in [0.2, 0.25) is 5.69 Å². The number of methoxy groups -OCH3 is 1. The molecule has 0 aliphatic carbocycles. The zero-order chi connectivity index (χ0) is 19.4. The SMILES string of the molecule is COc1ccc(F)cc1CN1CCN(c2ccc([N+](=O)[O-])c(C#N)n2)CC1. The number of rotatable bonds is 5. The van der Waals surface area contributed by atoms with Crippen LogP contribution in [-0.2, 0) is 6.54 Å². The summed E-state index contributed by atoms with van der Waals surface area (Å²) in [5, 5.41) is 20.0. The number of hydrogen-bond acceptors (Lipinski definition) is 7. The van der Waals surface area contributed by atoms with E-state index < -0.39 is 4.92 Å². The number of aromatic nitrogens is 1. The van der Waals surface area contributed by atoms with Crippen molar-refractivity contribution >= 4 is 11.5 Å². The topological polar surface area (TPSA) is 95.5 Å². The van der Waals surface area contributed by atoms with Crippen LogP contribution in [0.3, 0.4) is 0 Å². The zero-order valence-electron chi connectivity index (χ0n) is 14.8. The first-order valence-electron chi connectivity index (χ1n) is 8.37. The Labute approximate surface area is 155 Å². The molecule has 2 heterocycles. The predicted octanol–water partition coefficient (Wildman–Crippen LogP) is 2.33. The molecule has 1 fully saturated rings. The lowest BCUT2D eigenvalue weighted by Crippen LogP contribution is -2.46. The Kier molecular flexibility index (Phi) is 5.47. The lowest BCUT2D eigenvalue weighted by atomic mass is 10.1. The highest BCUT2D eigenvalue weighted by Crippen LogP contribution is 2.24. The molecule has 1 aromatic heterocycles. The molecule has 1 aliphatic rings. The van der Waals surface area contributed by atoms with Crippen LogP contribution in [0.2, 0.25) is 0 Å². The van der Waals surface area contributed by atoms with Gasteiger partial charge in [0.25, 0.3) is 0 Å². The minimum Gasteiger partial charge on any atom is -0.496 e. The minimum atomic E-state index is -0.611. The van der Waals surface area contributed by atoms with E-state index in [0.717, 1.165) is 5.56 Å². The Morgan fingerprint density at radius 2 is 2.04 bits per heavy atom. The highest BCUT2D eigenvalue weighted by atomic mass is 19.1. The van der Waals surface area contributed by atoms with E-state index in [1.165, 1.54) is 18.2 Å². The van der Waals surface area contributed by atoms with Gasteiger partial charge >= 0.3 is 5.69 Å². The van der Waals surface area contributed by atoms with Gasteiger partial charge in [0.15, 0.2) is 0 Å². The highest BCUT2D eigenvalue weighted by Gasteiger charge is 2.22. The van der Waals surface area contributed by atoms with Crippen LogP contribution in [0.4, 0.5) is 15.9 Å². The molecule has 0 N–H and O–H groups in total. The second kappa shape index (κ2) is 7.97. The number of nitro groups is 1. The van der Waals surface area contributed by atoms with Crippen LogP contribution < -0.4 is 9.64 Å². The van der Waals surface area contributed by atoms with Crippen LogP contribution in [0, 0.1) is 27.3 Å². The van der Waals surface area contributed by atoms with Gasteiger partial charge in [-0.1, -0.05) is 0 Å². The van der Waals surface area contributed by atoms with Crippen LogP contribution in [0.5, 0.6) is 5.75 Å². The van der Waals surface area contributed by atoms with E-state index in [1.54, 1.807) is 25.3 Å². The van der Waals surface area contributed by atoms with E-state index in [2.05, 4.69) is 9.88 Å². The number of halogens is 1. The van der Waals surface area contributed by atoms with E-state index in [-0.39, 0.29) is 17.2 Å². The van der Waals surface area contributed by atoms with Crippen molar-refractivity contribution in [2.24, 2.45) is 0 Å². The lowest BCUT2D eigenvalue weighted by molar-refractivity contribution is -0.385. The van der Waals surface area contributed by atoms with Crippen LogP contribution in [0.1, 0.15) is 11.3 Å². The summed E-state index contributed by atoms with van der Waals surface area (Å²) >= 11 is 0. The third-order valence-corrected chi connectivity index (χ3v) is 4.49.